The average molecular weight is 330 g/mol. The van der Waals surface area contributed by atoms with E-state index in [1.165, 1.54) is 16.9 Å². The third-order valence-electron chi connectivity index (χ3n) is 3.76. The summed E-state index contributed by atoms with van der Waals surface area (Å²) in [5.74, 6) is -0.424. The van der Waals surface area contributed by atoms with E-state index in [1.807, 2.05) is 57.3 Å². The summed E-state index contributed by atoms with van der Waals surface area (Å²) >= 11 is 1.36. The van der Waals surface area contributed by atoms with Crippen LogP contribution in [0, 0.1) is 19.8 Å². The van der Waals surface area contributed by atoms with E-state index < -0.39 is 6.04 Å². The van der Waals surface area contributed by atoms with Crippen molar-refractivity contribution in [2.45, 2.75) is 33.7 Å². The van der Waals surface area contributed by atoms with Crippen LogP contribution in [0.5, 0.6) is 0 Å². The highest BCUT2D eigenvalue weighted by atomic mass is 32.1. The number of rotatable bonds is 5. The van der Waals surface area contributed by atoms with Crippen molar-refractivity contribution in [1.29, 1.82) is 0 Å². The number of benzene rings is 1. The Kier molecular flexibility index (Phi) is 5.55. The van der Waals surface area contributed by atoms with E-state index >= 15 is 0 Å². The molecule has 0 unspecified atom stereocenters. The smallest absolute Gasteiger partial charge is 0.262 e. The molecule has 2 N–H and O–H groups in total. The average Bonchev–Trinajstić information content (AvgIpc) is 3.02. The minimum atomic E-state index is -0.578. The zero-order valence-corrected chi connectivity index (χ0v) is 14.7. The Balaban J connectivity index is 2.09. The molecule has 2 amide bonds. The van der Waals surface area contributed by atoms with E-state index in [0.717, 1.165) is 11.3 Å². The van der Waals surface area contributed by atoms with Gasteiger partial charge in [0, 0.05) is 5.69 Å². The number of hydrogen-bond acceptors (Lipinski definition) is 3. The lowest BCUT2D eigenvalue weighted by Gasteiger charge is -2.21. The van der Waals surface area contributed by atoms with Gasteiger partial charge in [0.2, 0.25) is 5.91 Å². The van der Waals surface area contributed by atoms with Crippen molar-refractivity contribution in [3.63, 3.8) is 0 Å². The molecule has 0 aliphatic carbocycles. The first kappa shape index (κ1) is 17.2. The molecule has 1 aromatic heterocycles. The largest absolute Gasteiger partial charge is 0.339 e. The fraction of sp³-hybridized carbons (Fsp3) is 0.333. The Morgan fingerprint density at radius 1 is 1.09 bits per heavy atom. The summed E-state index contributed by atoms with van der Waals surface area (Å²) in [6.07, 6.45) is 0. The standard InChI is InChI=1S/C18H22N2O2S/c1-11(2)16(20-17(21)15-6-5-9-23-15)18(22)19-14-8-7-12(3)13(4)10-14/h5-11,16H,1-4H3,(H,19,22)(H,20,21)/t16-/m0/s1. The monoisotopic (exact) mass is 330 g/mol. The maximum absolute atomic E-state index is 12.5. The third-order valence-corrected chi connectivity index (χ3v) is 4.62. The molecule has 0 saturated carbocycles. The molecule has 1 heterocycles. The van der Waals surface area contributed by atoms with Crippen molar-refractivity contribution in [2.75, 3.05) is 5.32 Å². The van der Waals surface area contributed by atoms with Crippen molar-refractivity contribution in [1.82, 2.24) is 5.32 Å². The van der Waals surface area contributed by atoms with Crippen molar-refractivity contribution in [3.05, 3.63) is 51.7 Å². The Morgan fingerprint density at radius 2 is 1.83 bits per heavy atom. The number of amides is 2. The van der Waals surface area contributed by atoms with E-state index in [2.05, 4.69) is 10.6 Å². The molecule has 0 bridgehead atoms. The molecule has 0 aliphatic heterocycles. The molecule has 1 atom stereocenters. The van der Waals surface area contributed by atoms with Crippen LogP contribution in [-0.2, 0) is 4.79 Å². The number of thiophene rings is 1. The summed E-state index contributed by atoms with van der Waals surface area (Å²) in [4.78, 5) is 25.3. The molecular formula is C18H22N2O2S. The lowest BCUT2D eigenvalue weighted by atomic mass is 10.0. The van der Waals surface area contributed by atoms with Gasteiger partial charge in [0.1, 0.15) is 6.04 Å². The van der Waals surface area contributed by atoms with E-state index in [0.29, 0.717) is 4.88 Å². The van der Waals surface area contributed by atoms with Crippen LogP contribution in [0.3, 0.4) is 0 Å². The second-order valence-corrected chi connectivity index (χ2v) is 6.91. The molecule has 5 heteroatoms. The van der Waals surface area contributed by atoms with E-state index in [4.69, 9.17) is 0 Å². The van der Waals surface area contributed by atoms with Crippen molar-refractivity contribution >= 4 is 28.8 Å². The van der Waals surface area contributed by atoms with Crippen LogP contribution in [0.2, 0.25) is 0 Å². The van der Waals surface area contributed by atoms with Crippen molar-refractivity contribution < 1.29 is 9.59 Å². The van der Waals surface area contributed by atoms with Crippen LogP contribution in [0.25, 0.3) is 0 Å². The van der Waals surface area contributed by atoms with Gasteiger partial charge in [-0.2, -0.15) is 0 Å². The molecule has 1 aromatic carbocycles. The summed E-state index contributed by atoms with van der Waals surface area (Å²) in [7, 11) is 0. The van der Waals surface area contributed by atoms with E-state index in [9.17, 15) is 9.59 Å². The van der Waals surface area contributed by atoms with Gasteiger partial charge in [-0.1, -0.05) is 26.0 Å². The van der Waals surface area contributed by atoms with Gasteiger partial charge in [-0.05, 0) is 54.5 Å². The fourth-order valence-electron chi connectivity index (χ4n) is 2.19. The van der Waals surface area contributed by atoms with E-state index in [-0.39, 0.29) is 17.7 Å². The third kappa shape index (κ3) is 4.42. The highest BCUT2D eigenvalue weighted by Crippen LogP contribution is 2.16. The van der Waals surface area contributed by atoms with Crippen LogP contribution >= 0.6 is 11.3 Å². The SMILES string of the molecule is Cc1ccc(NC(=O)[C@@H](NC(=O)c2cccs2)C(C)C)cc1C. The minimum absolute atomic E-state index is 0.00884. The molecule has 23 heavy (non-hydrogen) atoms. The molecule has 2 rings (SSSR count). The van der Waals surface area contributed by atoms with Gasteiger partial charge in [-0.3, -0.25) is 9.59 Å². The highest BCUT2D eigenvalue weighted by molar-refractivity contribution is 7.12. The highest BCUT2D eigenvalue weighted by Gasteiger charge is 2.25. The Morgan fingerprint density at radius 3 is 2.39 bits per heavy atom. The van der Waals surface area contributed by atoms with Gasteiger partial charge in [-0.25, -0.2) is 0 Å². The normalized spacial score (nSPS) is 12.0. The molecule has 122 valence electrons. The number of hydrogen-bond donors (Lipinski definition) is 2. The van der Waals surface area contributed by atoms with Crippen LogP contribution in [-0.4, -0.2) is 17.9 Å². The molecule has 0 radical (unpaired) electrons. The molecule has 0 aliphatic rings. The molecular weight excluding hydrogens is 308 g/mol. The predicted molar refractivity (Wildman–Crippen MR) is 95.0 cm³/mol. The number of nitrogens with one attached hydrogen (secondary N) is 2. The van der Waals surface area contributed by atoms with Crippen LogP contribution in [0.15, 0.2) is 35.7 Å². The quantitative estimate of drug-likeness (QED) is 0.877. The number of aryl methyl sites for hydroxylation is 2. The van der Waals surface area contributed by atoms with E-state index in [1.54, 1.807) is 6.07 Å². The Bertz CT molecular complexity index is 693. The summed E-state index contributed by atoms with van der Waals surface area (Å²) in [5.41, 5.74) is 3.04. The summed E-state index contributed by atoms with van der Waals surface area (Å²) in [6, 6.07) is 8.77. The maximum Gasteiger partial charge on any atom is 0.262 e. The zero-order valence-electron chi connectivity index (χ0n) is 13.8. The van der Waals surface area contributed by atoms with Crippen LogP contribution in [0.1, 0.15) is 34.6 Å². The van der Waals surface area contributed by atoms with Gasteiger partial charge in [0.05, 0.1) is 4.88 Å². The van der Waals surface area contributed by atoms with Crippen molar-refractivity contribution in [3.8, 4) is 0 Å². The van der Waals surface area contributed by atoms with Gasteiger partial charge < -0.3 is 10.6 Å². The maximum atomic E-state index is 12.5. The summed E-state index contributed by atoms with van der Waals surface area (Å²) in [5, 5.41) is 7.56. The van der Waals surface area contributed by atoms with Crippen molar-refractivity contribution in [2.24, 2.45) is 5.92 Å². The Hall–Kier alpha value is -2.14. The lowest BCUT2D eigenvalue weighted by molar-refractivity contribution is -0.118. The Labute approximate surface area is 140 Å². The van der Waals surface area contributed by atoms with Gasteiger partial charge in [0.15, 0.2) is 0 Å². The van der Waals surface area contributed by atoms with Crippen LogP contribution in [0.4, 0.5) is 5.69 Å². The summed E-state index contributed by atoms with van der Waals surface area (Å²) < 4.78 is 0. The first-order chi connectivity index (χ1) is 10.9. The van der Waals surface area contributed by atoms with Crippen LogP contribution < -0.4 is 10.6 Å². The molecule has 0 saturated heterocycles. The predicted octanol–water partition coefficient (Wildman–Crippen LogP) is 3.76. The summed E-state index contributed by atoms with van der Waals surface area (Å²) in [6.45, 7) is 7.86. The molecule has 4 nitrogen and oxygen atoms in total. The fourth-order valence-corrected chi connectivity index (χ4v) is 2.82. The first-order valence-electron chi connectivity index (χ1n) is 7.61. The number of carbonyl (C=O) groups is 2. The second-order valence-electron chi connectivity index (χ2n) is 5.96. The number of carbonyl (C=O) groups excluding carboxylic acids is 2. The van der Waals surface area contributed by atoms with Gasteiger partial charge >= 0.3 is 0 Å². The molecule has 2 aromatic rings. The zero-order chi connectivity index (χ0) is 17.0. The number of anilines is 1. The molecule has 0 fully saturated rings. The first-order valence-corrected chi connectivity index (χ1v) is 8.49. The second kappa shape index (κ2) is 7.42. The van der Waals surface area contributed by atoms with Gasteiger partial charge in [-0.15, -0.1) is 11.3 Å². The van der Waals surface area contributed by atoms with Gasteiger partial charge in [0.25, 0.3) is 5.91 Å². The lowest BCUT2D eigenvalue weighted by Crippen LogP contribution is -2.46. The minimum Gasteiger partial charge on any atom is -0.339 e. The topological polar surface area (TPSA) is 58.2 Å². The molecule has 0 spiro atoms.